The second-order valence-electron chi connectivity index (χ2n) is 5.92. The summed E-state index contributed by atoms with van der Waals surface area (Å²) < 4.78 is 10.1. The van der Waals surface area contributed by atoms with Crippen molar-refractivity contribution in [1.82, 2.24) is 15.3 Å². The molecule has 3 aromatic rings. The number of anilines is 2. The van der Waals surface area contributed by atoms with Gasteiger partial charge in [-0.2, -0.15) is 0 Å². The smallest absolute Gasteiger partial charge is 0.339 e. The first-order valence-corrected chi connectivity index (χ1v) is 8.80. The van der Waals surface area contributed by atoms with Gasteiger partial charge in [-0.3, -0.25) is 4.79 Å². The van der Waals surface area contributed by atoms with Gasteiger partial charge in [0, 0.05) is 18.3 Å². The predicted molar refractivity (Wildman–Crippen MR) is 107 cm³/mol. The van der Waals surface area contributed by atoms with Crippen LogP contribution in [0.3, 0.4) is 0 Å². The molecule has 0 spiro atoms. The number of carbonyl (C=O) groups excluding carboxylic acids is 2. The Morgan fingerprint density at radius 3 is 2.55 bits per heavy atom. The molecule has 0 atom stereocenters. The highest BCUT2D eigenvalue weighted by Crippen LogP contribution is 2.20. The minimum atomic E-state index is -0.487. The topological polar surface area (TPSA) is 102 Å². The Labute approximate surface area is 167 Å². The molecule has 0 bridgehead atoms. The third-order valence-electron chi connectivity index (χ3n) is 4.10. The second-order valence-corrected chi connectivity index (χ2v) is 5.92. The van der Waals surface area contributed by atoms with Gasteiger partial charge in [0.15, 0.2) is 0 Å². The Morgan fingerprint density at radius 2 is 1.76 bits per heavy atom. The highest BCUT2D eigenvalue weighted by Gasteiger charge is 2.14. The van der Waals surface area contributed by atoms with E-state index in [1.54, 1.807) is 31.4 Å². The number of aromatic nitrogens is 2. The highest BCUT2D eigenvalue weighted by molar-refractivity contribution is 5.96. The van der Waals surface area contributed by atoms with Gasteiger partial charge in [0.2, 0.25) is 5.95 Å². The van der Waals surface area contributed by atoms with Crippen molar-refractivity contribution in [3.8, 4) is 5.75 Å². The largest absolute Gasteiger partial charge is 0.496 e. The van der Waals surface area contributed by atoms with E-state index in [2.05, 4.69) is 20.6 Å². The van der Waals surface area contributed by atoms with Gasteiger partial charge >= 0.3 is 5.97 Å². The van der Waals surface area contributed by atoms with E-state index in [1.165, 1.54) is 19.4 Å². The molecule has 1 amide bonds. The number of benzene rings is 2. The molecule has 0 saturated carbocycles. The van der Waals surface area contributed by atoms with Crippen molar-refractivity contribution in [2.45, 2.75) is 6.54 Å². The van der Waals surface area contributed by atoms with Crippen LogP contribution in [0.15, 0.2) is 60.8 Å². The Kier molecular flexibility index (Phi) is 6.36. The monoisotopic (exact) mass is 392 g/mol. The Bertz CT molecular complexity index is 1020. The summed E-state index contributed by atoms with van der Waals surface area (Å²) in [5.41, 5.74) is 1.85. The van der Waals surface area contributed by atoms with Crippen LogP contribution in [0.25, 0.3) is 0 Å². The fraction of sp³-hybridized carbons (Fsp3) is 0.143. The van der Waals surface area contributed by atoms with Crippen LogP contribution in [0.2, 0.25) is 0 Å². The van der Waals surface area contributed by atoms with Crippen molar-refractivity contribution in [1.29, 1.82) is 0 Å². The SMILES string of the molecule is COC(=O)c1ccccc1Nc1nccc(C(=O)NCc2ccccc2OC)n1. The first-order valence-electron chi connectivity index (χ1n) is 8.80. The molecule has 0 aliphatic carbocycles. The van der Waals surface area contributed by atoms with Crippen LogP contribution < -0.4 is 15.4 Å². The maximum absolute atomic E-state index is 12.5. The number of rotatable bonds is 7. The van der Waals surface area contributed by atoms with Crippen LogP contribution in [0.1, 0.15) is 26.4 Å². The summed E-state index contributed by atoms with van der Waals surface area (Å²) in [7, 11) is 2.89. The molecular formula is C21H20N4O4. The van der Waals surface area contributed by atoms with Crippen LogP contribution >= 0.6 is 0 Å². The number of amides is 1. The molecule has 0 radical (unpaired) electrons. The number of hydrogen-bond donors (Lipinski definition) is 2. The van der Waals surface area contributed by atoms with Crippen molar-refractivity contribution in [2.75, 3.05) is 19.5 Å². The molecule has 3 rings (SSSR count). The summed E-state index contributed by atoms with van der Waals surface area (Å²) in [5.74, 6) is 0.0324. The van der Waals surface area contributed by atoms with Gasteiger partial charge < -0.3 is 20.1 Å². The van der Waals surface area contributed by atoms with E-state index < -0.39 is 5.97 Å². The van der Waals surface area contributed by atoms with Crippen LogP contribution in [0, 0.1) is 0 Å². The minimum Gasteiger partial charge on any atom is -0.496 e. The summed E-state index contributed by atoms with van der Waals surface area (Å²) in [6.07, 6.45) is 1.47. The highest BCUT2D eigenvalue weighted by atomic mass is 16.5. The Balaban J connectivity index is 1.73. The molecule has 0 aliphatic heterocycles. The number of carbonyl (C=O) groups is 2. The van der Waals surface area contributed by atoms with Gasteiger partial charge in [0.05, 0.1) is 25.5 Å². The zero-order valence-corrected chi connectivity index (χ0v) is 16.0. The van der Waals surface area contributed by atoms with Gasteiger partial charge in [-0.05, 0) is 24.3 Å². The number of ether oxygens (including phenoxy) is 2. The van der Waals surface area contributed by atoms with Crippen molar-refractivity contribution in [3.05, 3.63) is 77.6 Å². The van der Waals surface area contributed by atoms with Crippen molar-refractivity contribution in [2.24, 2.45) is 0 Å². The molecule has 0 aliphatic rings. The minimum absolute atomic E-state index is 0.186. The van der Waals surface area contributed by atoms with Crippen LogP contribution in [-0.2, 0) is 11.3 Å². The number of esters is 1. The molecule has 1 heterocycles. The third-order valence-corrected chi connectivity index (χ3v) is 4.10. The maximum atomic E-state index is 12.5. The van der Waals surface area contributed by atoms with E-state index in [-0.39, 0.29) is 17.5 Å². The third kappa shape index (κ3) is 4.86. The van der Waals surface area contributed by atoms with Crippen molar-refractivity contribution >= 4 is 23.5 Å². The Hall–Kier alpha value is -3.94. The van der Waals surface area contributed by atoms with E-state index >= 15 is 0 Å². The van der Waals surface area contributed by atoms with Gasteiger partial charge in [0.25, 0.3) is 5.91 Å². The van der Waals surface area contributed by atoms with E-state index in [0.29, 0.717) is 23.5 Å². The average molecular weight is 392 g/mol. The molecule has 0 fully saturated rings. The first kappa shape index (κ1) is 19.8. The summed E-state index contributed by atoms with van der Waals surface area (Å²) in [6, 6.07) is 15.7. The number of hydrogen-bond acceptors (Lipinski definition) is 7. The number of nitrogens with one attached hydrogen (secondary N) is 2. The quantitative estimate of drug-likeness (QED) is 0.596. The van der Waals surface area contributed by atoms with Crippen LogP contribution in [0.5, 0.6) is 5.75 Å². The van der Waals surface area contributed by atoms with E-state index in [0.717, 1.165) is 5.56 Å². The molecule has 148 valence electrons. The standard InChI is InChI=1S/C21H20N4O4/c1-28-18-10-6-3-7-14(18)13-23-19(26)17-11-12-22-21(25-17)24-16-9-5-4-8-15(16)20(27)29-2/h3-12H,13H2,1-2H3,(H,23,26)(H,22,24,25). The lowest BCUT2D eigenvalue weighted by Crippen LogP contribution is -2.24. The Morgan fingerprint density at radius 1 is 1.00 bits per heavy atom. The lowest BCUT2D eigenvalue weighted by atomic mass is 10.2. The molecule has 2 N–H and O–H groups in total. The molecule has 0 unspecified atom stereocenters. The van der Waals surface area contributed by atoms with Crippen LogP contribution in [0.4, 0.5) is 11.6 Å². The van der Waals surface area contributed by atoms with Gasteiger partial charge in [-0.25, -0.2) is 14.8 Å². The molecule has 29 heavy (non-hydrogen) atoms. The predicted octanol–water partition coefficient (Wildman–Crippen LogP) is 2.95. The summed E-state index contributed by atoms with van der Waals surface area (Å²) in [5, 5.41) is 5.76. The van der Waals surface area contributed by atoms with Gasteiger partial charge in [0.1, 0.15) is 11.4 Å². The first-order chi connectivity index (χ1) is 14.1. The van der Waals surface area contributed by atoms with Crippen molar-refractivity contribution in [3.63, 3.8) is 0 Å². The second kappa shape index (κ2) is 9.32. The van der Waals surface area contributed by atoms with E-state index in [1.807, 2.05) is 24.3 Å². The molecule has 8 heteroatoms. The number of methoxy groups -OCH3 is 2. The zero-order valence-electron chi connectivity index (χ0n) is 16.0. The molecule has 8 nitrogen and oxygen atoms in total. The van der Waals surface area contributed by atoms with Gasteiger partial charge in [-0.1, -0.05) is 30.3 Å². The summed E-state index contributed by atoms with van der Waals surface area (Å²) in [6.45, 7) is 0.292. The fourth-order valence-electron chi connectivity index (χ4n) is 2.66. The molecular weight excluding hydrogens is 372 g/mol. The van der Waals surface area contributed by atoms with Crippen molar-refractivity contribution < 1.29 is 19.1 Å². The fourth-order valence-corrected chi connectivity index (χ4v) is 2.66. The van der Waals surface area contributed by atoms with Crippen LogP contribution in [-0.4, -0.2) is 36.1 Å². The van der Waals surface area contributed by atoms with Gasteiger partial charge in [-0.15, -0.1) is 0 Å². The number of para-hydroxylation sites is 2. The normalized spacial score (nSPS) is 10.1. The molecule has 0 saturated heterocycles. The zero-order chi connectivity index (χ0) is 20.6. The lowest BCUT2D eigenvalue weighted by Gasteiger charge is -2.11. The van der Waals surface area contributed by atoms with E-state index in [9.17, 15) is 9.59 Å². The summed E-state index contributed by atoms with van der Waals surface area (Å²) >= 11 is 0. The number of nitrogens with zero attached hydrogens (tertiary/aromatic N) is 2. The van der Waals surface area contributed by atoms with E-state index in [4.69, 9.17) is 9.47 Å². The molecule has 2 aromatic carbocycles. The lowest BCUT2D eigenvalue weighted by molar-refractivity contribution is 0.0601. The average Bonchev–Trinajstić information content (AvgIpc) is 2.77. The maximum Gasteiger partial charge on any atom is 0.339 e. The summed E-state index contributed by atoms with van der Waals surface area (Å²) in [4.78, 5) is 32.7. The molecule has 1 aromatic heterocycles.